The van der Waals surface area contributed by atoms with Gasteiger partial charge in [0.2, 0.25) is 5.91 Å². The minimum absolute atomic E-state index is 0.103. The van der Waals surface area contributed by atoms with Crippen LogP contribution in [0.1, 0.15) is 35.6 Å². The maximum Gasteiger partial charge on any atom is 0.344 e. The lowest BCUT2D eigenvalue weighted by Crippen LogP contribution is -2.49. The fourth-order valence-electron chi connectivity index (χ4n) is 3.73. The van der Waals surface area contributed by atoms with Crippen molar-refractivity contribution in [1.82, 2.24) is 15.8 Å². The van der Waals surface area contributed by atoms with Crippen molar-refractivity contribution in [3.05, 3.63) is 64.7 Å². The molecule has 1 saturated heterocycles. The van der Waals surface area contributed by atoms with Crippen LogP contribution in [0.15, 0.2) is 47.4 Å². The first-order chi connectivity index (χ1) is 13.8. The van der Waals surface area contributed by atoms with Gasteiger partial charge >= 0.3 is 6.03 Å². The Morgan fingerprint density at radius 3 is 2.31 bits per heavy atom. The number of thioether (sulfide) groups is 1. The molecule has 0 radical (unpaired) electrons. The number of amides is 4. The number of urea groups is 1. The van der Waals surface area contributed by atoms with E-state index in [0.717, 1.165) is 21.0 Å². The summed E-state index contributed by atoms with van der Waals surface area (Å²) in [6.07, 6.45) is 0.379. The highest BCUT2D eigenvalue weighted by Gasteiger charge is 2.52. The number of imide groups is 1. The molecule has 1 unspecified atom stereocenters. The lowest BCUT2D eigenvalue weighted by Gasteiger charge is -2.25. The van der Waals surface area contributed by atoms with Crippen LogP contribution in [0.2, 0.25) is 0 Å². The van der Waals surface area contributed by atoms with Gasteiger partial charge in [0, 0.05) is 4.90 Å². The predicted molar refractivity (Wildman–Crippen MR) is 113 cm³/mol. The van der Waals surface area contributed by atoms with Crippen molar-refractivity contribution >= 4 is 29.6 Å². The summed E-state index contributed by atoms with van der Waals surface area (Å²) in [5.41, 5.74) is 5.37. The van der Waals surface area contributed by atoms with Gasteiger partial charge < -0.3 is 5.32 Å². The van der Waals surface area contributed by atoms with Crippen LogP contribution in [-0.4, -0.2) is 28.6 Å². The number of hydrogen-bond donors (Lipinski definition) is 2. The molecular formula is C22H25N3O3S. The summed E-state index contributed by atoms with van der Waals surface area (Å²) < 4.78 is 0. The molecule has 0 aliphatic carbocycles. The van der Waals surface area contributed by atoms with E-state index in [0.29, 0.717) is 12.0 Å². The summed E-state index contributed by atoms with van der Waals surface area (Å²) in [6.45, 7) is 7.88. The molecule has 0 saturated carbocycles. The van der Waals surface area contributed by atoms with Gasteiger partial charge in [-0.1, -0.05) is 55.0 Å². The Balaban J connectivity index is 1.71. The third-order valence-electron chi connectivity index (χ3n) is 5.08. The van der Waals surface area contributed by atoms with E-state index in [2.05, 4.69) is 22.9 Å². The molecule has 0 spiro atoms. The highest BCUT2D eigenvalue weighted by Crippen LogP contribution is 2.32. The number of hydrazine groups is 1. The Morgan fingerprint density at radius 1 is 1.10 bits per heavy atom. The first kappa shape index (κ1) is 20.9. The SMILES string of the molecule is CCC1(c2ccccc2)NC(=O)N(NC(=O)CSc2c(C)cc(C)cc2C)C1=O. The summed E-state index contributed by atoms with van der Waals surface area (Å²) in [7, 11) is 0. The van der Waals surface area contributed by atoms with Crippen molar-refractivity contribution in [1.29, 1.82) is 0 Å². The summed E-state index contributed by atoms with van der Waals surface area (Å²) in [6, 6.07) is 12.6. The Kier molecular flexibility index (Phi) is 5.98. The molecule has 2 aromatic carbocycles. The Bertz CT molecular complexity index is 938. The van der Waals surface area contributed by atoms with Crippen LogP contribution in [0.25, 0.3) is 0 Å². The van der Waals surface area contributed by atoms with E-state index in [9.17, 15) is 14.4 Å². The molecule has 1 aliphatic rings. The molecule has 2 N–H and O–H groups in total. The van der Waals surface area contributed by atoms with Crippen LogP contribution < -0.4 is 10.7 Å². The van der Waals surface area contributed by atoms with Crippen LogP contribution in [0.4, 0.5) is 4.79 Å². The molecule has 3 rings (SSSR count). The zero-order valence-corrected chi connectivity index (χ0v) is 17.9. The number of carbonyl (C=O) groups excluding carboxylic acids is 3. The van der Waals surface area contributed by atoms with E-state index >= 15 is 0 Å². The Labute approximate surface area is 175 Å². The molecule has 1 heterocycles. The first-order valence-electron chi connectivity index (χ1n) is 9.51. The molecule has 4 amide bonds. The molecule has 6 nitrogen and oxygen atoms in total. The monoisotopic (exact) mass is 411 g/mol. The molecular weight excluding hydrogens is 386 g/mol. The fraction of sp³-hybridized carbons (Fsp3) is 0.318. The van der Waals surface area contributed by atoms with Crippen molar-refractivity contribution in [2.24, 2.45) is 0 Å². The summed E-state index contributed by atoms with van der Waals surface area (Å²) in [4.78, 5) is 39.0. The van der Waals surface area contributed by atoms with Gasteiger partial charge in [-0.15, -0.1) is 11.8 Å². The molecule has 152 valence electrons. The molecule has 1 atom stereocenters. The zero-order valence-electron chi connectivity index (χ0n) is 17.0. The van der Waals surface area contributed by atoms with E-state index in [1.165, 1.54) is 17.3 Å². The highest BCUT2D eigenvalue weighted by molar-refractivity contribution is 8.00. The van der Waals surface area contributed by atoms with Crippen molar-refractivity contribution in [3.8, 4) is 0 Å². The van der Waals surface area contributed by atoms with Crippen LogP contribution >= 0.6 is 11.8 Å². The maximum atomic E-state index is 13.0. The van der Waals surface area contributed by atoms with Gasteiger partial charge in [-0.2, -0.15) is 5.01 Å². The second kappa shape index (κ2) is 8.29. The van der Waals surface area contributed by atoms with E-state index in [1.807, 2.05) is 45.9 Å². The first-order valence-corrected chi connectivity index (χ1v) is 10.5. The molecule has 0 bridgehead atoms. The third-order valence-corrected chi connectivity index (χ3v) is 6.42. The zero-order chi connectivity index (χ0) is 21.2. The number of hydrogen-bond acceptors (Lipinski definition) is 4. The molecule has 0 aromatic heterocycles. The minimum Gasteiger partial charge on any atom is -0.318 e. The van der Waals surface area contributed by atoms with Crippen LogP contribution in [0.3, 0.4) is 0 Å². The lowest BCUT2D eigenvalue weighted by atomic mass is 9.87. The Hall–Kier alpha value is -2.80. The van der Waals surface area contributed by atoms with Gasteiger partial charge in [0.1, 0.15) is 5.54 Å². The van der Waals surface area contributed by atoms with Crippen LogP contribution in [0.5, 0.6) is 0 Å². The van der Waals surface area contributed by atoms with Crippen molar-refractivity contribution < 1.29 is 14.4 Å². The quantitative estimate of drug-likeness (QED) is 0.562. The lowest BCUT2D eigenvalue weighted by molar-refractivity contribution is -0.138. The van der Waals surface area contributed by atoms with E-state index in [1.54, 1.807) is 12.1 Å². The predicted octanol–water partition coefficient (Wildman–Crippen LogP) is 3.59. The minimum atomic E-state index is -1.16. The summed E-state index contributed by atoms with van der Waals surface area (Å²) in [5.74, 6) is -0.776. The molecule has 1 fully saturated rings. The van der Waals surface area contributed by atoms with Gasteiger partial charge in [-0.3, -0.25) is 15.0 Å². The number of rotatable bonds is 6. The smallest absolute Gasteiger partial charge is 0.318 e. The molecule has 29 heavy (non-hydrogen) atoms. The average molecular weight is 412 g/mol. The van der Waals surface area contributed by atoms with Gasteiger partial charge in [0.25, 0.3) is 5.91 Å². The number of carbonyl (C=O) groups is 3. The molecule has 1 aliphatic heterocycles. The van der Waals surface area contributed by atoms with Gasteiger partial charge in [0.05, 0.1) is 5.75 Å². The standard InChI is InChI=1S/C22H25N3O3S/c1-5-22(17-9-7-6-8-10-17)20(27)25(21(28)23-22)24-18(26)13-29-19-15(3)11-14(2)12-16(19)4/h6-12H,5,13H2,1-4H3,(H,23,28)(H,24,26). The van der Waals surface area contributed by atoms with Gasteiger partial charge in [-0.25, -0.2) is 4.79 Å². The number of nitrogens with zero attached hydrogens (tertiary/aromatic N) is 1. The largest absolute Gasteiger partial charge is 0.344 e. The van der Waals surface area contributed by atoms with Crippen LogP contribution in [0, 0.1) is 20.8 Å². The second-order valence-electron chi connectivity index (χ2n) is 7.25. The fourth-order valence-corrected chi connectivity index (χ4v) is 4.64. The Morgan fingerprint density at radius 2 is 1.72 bits per heavy atom. The van der Waals surface area contributed by atoms with Gasteiger partial charge in [0.15, 0.2) is 0 Å². The number of aryl methyl sites for hydroxylation is 3. The normalized spacial score (nSPS) is 18.7. The van der Waals surface area contributed by atoms with E-state index in [-0.39, 0.29) is 5.75 Å². The topological polar surface area (TPSA) is 78.5 Å². The maximum absolute atomic E-state index is 13.0. The van der Waals surface area contributed by atoms with Crippen molar-refractivity contribution in [3.63, 3.8) is 0 Å². The summed E-state index contributed by atoms with van der Waals surface area (Å²) in [5, 5.41) is 3.55. The summed E-state index contributed by atoms with van der Waals surface area (Å²) >= 11 is 1.40. The van der Waals surface area contributed by atoms with E-state index in [4.69, 9.17) is 0 Å². The van der Waals surface area contributed by atoms with E-state index < -0.39 is 23.4 Å². The van der Waals surface area contributed by atoms with Crippen molar-refractivity contribution in [2.75, 3.05) is 5.75 Å². The van der Waals surface area contributed by atoms with Crippen molar-refractivity contribution in [2.45, 2.75) is 44.6 Å². The second-order valence-corrected chi connectivity index (χ2v) is 8.23. The third kappa shape index (κ3) is 4.00. The van der Waals surface area contributed by atoms with Gasteiger partial charge in [-0.05, 0) is 43.9 Å². The average Bonchev–Trinajstić information content (AvgIpc) is 2.93. The van der Waals surface area contributed by atoms with Crippen LogP contribution in [-0.2, 0) is 15.1 Å². The molecule has 7 heteroatoms. The number of benzene rings is 2. The molecule has 2 aromatic rings. The highest BCUT2D eigenvalue weighted by atomic mass is 32.2. The number of nitrogens with one attached hydrogen (secondary N) is 2.